The lowest BCUT2D eigenvalue weighted by molar-refractivity contribution is 0.796. The number of hydrogen-bond donors (Lipinski definition) is 0. The van der Waals surface area contributed by atoms with Crippen molar-refractivity contribution in [3.63, 3.8) is 0 Å². The van der Waals surface area contributed by atoms with Crippen molar-refractivity contribution >= 4 is 5.71 Å². The smallest absolute Gasteiger partial charge is 0.0685 e. The second-order valence-corrected chi connectivity index (χ2v) is 4.38. The van der Waals surface area contributed by atoms with Crippen LogP contribution in [0.3, 0.4) is 0 Å². The van der Waals surface area contributed by atoms with Gasteiger partial charge in [0.05, 0.1) is 12.3 Å². The molecule has 1 heteroatoms. The van der Waals surface area contributed by atoms with Gasteiger partial charge in [0.25, 0.3) is 0 Å². The fraction of sp³-hybridized carbons (Fsp3) is 0.357. The first-order chi connectivity index (χ1) is 7.20. The highest BCUT2D eigenvalue weighted by Gasteiger charge is 2.20. The van der Waals surface area contributed by atoms with Crippen LogP contribution in [0.25, 0.3) is 0 Å². The lowest BCUT2D eigenvalue weighted by Crippen LogP contribution is -2.08. The summed E-state index contributed by atoms with van der Waals surface area (Å²) in [5.41, 5.74) is 5.30. The van der Waals surface area contributed by atoms with E-state index < -0.39 is 0 Å². The van der Waals surface area contributed by atoms with Gasteiger partial charge in [-0.25, -0.2) is 0 Å². The van der Waals surface area contributed by atoms with Gasteiger partial charge >= 0.3 is 0 Å². The molecule has 0 fully saturated rings. The van der Waals surface area contributed by atoms with E-state index in [4.69, 9.17) is 0 Å². The molecule has 1 aromatic rings. The first kappa shape index (κ1) is 10.2. The number of rotatable bonds is 2. The summed E-state index contributed by atoms with van der Waals surface area (Å²) in [7, 11) is 0. The largest absolute Gasteiger partial charge is 0.280 e. The fourth-order valence-corrected chi connectivity index (χ4v) is 2.18. The van der Waals surface area contributed by atoms with Crippen LogP contribution in [0.5, 0.6) is 0 Å². The Hall–Kier alpha value is -1.37. The number of aliphatic imine (C=N–C) groups is 1. The van der Waals surface area contributed by atoms with Crippen LogP contribution < -0.4 is 0 Å². The molecule has 0 amide bonds. The molecule has 1 heterocycles. The van der Waals surface area contributed by atoms with Gasteiger partial charge in [0.2, 0.25) is 0 Å². The topological polar surface area (TPSA) is 12.4 Å². The molecule has 78 valence electrons. The number of nitrogens with zero attached hydrogens (tertiary/aromatic N) is 1. The number of allylic oxidation sites excluding steroid dienone is 1. The Morgan fingerprint density at radius 1 is 1.13 bits per heavy atom. The molecule has 1 nitrogen and oxygen atoms in total. The molecule has 0 bridgehead atoms. The van der Waals surface area contributed by atoms with Crippen LogP contribution in [-0.4, -0.2) is 12.3 Å². The summed E-state index contributed by atoms with van der Waals surface area (Å²) < 4.78 is 0. The van der Waals surface area contributed by atoms with Gasteiger partial charge in [-0.2, -0.15) is 0 Å². The third-order valence-electron chi connectivity index (χ3n) is 2.81. The standard InChI is InChI=1S/C14H17N/c1-10(2)13-11(3)9-15-14(13)12-7-5-4-6-8-12/h4-8,10H,9H2,1-3H3. The molecule has 1 aromatic carbocycles. The van der Waals surface area contributed by atoms with Crippen molar-refractivity contribution in [1.82, 2.24) is 0 Å². The predicted molar refractivity (Wildman–Crippen MR) is 65.4 cm³/mol. The lowest BCUT2D eigenvalue weighted by atomic mass is 9.92. The van der Waals surface area contributed by atoms with Crippen LogP contribution in [0.15, 0.2) is 46.5 Å². The van der Waals surface area contributed by atoms with E-state index in [0.29, 0.717) is 5.92 Å². The summed E-state index contributed by atoms with van der Waals surface area (Å²) in [4.78, 5) is 4.63. The molecule has 2 rings (SSSR count). The second-order valence-electron chi connectivity index (χ2n) is 4.38. The van der Waals surface area contributed by atoms with Gasteiger partial charge < -0.3 is 0 Å². The van der Waals surface area contributed by atoms with Crippen molar-refractivity contribution in [2.45, 2.75) is 20.8 Å². The van der Waals surface area contributed by atoms with Crippen molar-refractivity contribution in [3.05, 3.63) is 47.0 Å². The molecular weight excluding hydrogens is 182 g/mol. The third kappa shape index (κ3) is 1.87. The highest BCUT2D eigenvalue weighted by Crippen LogP contribution is 2.26. The maximum Gasteiger partial charge on any atom is 0.0685 e. The van der Waals surface area contributed by atoms with E-state index in [1.807, 2.05) is 6.07 Å². The Labute approximate surface area is 91.6 Å². The van der Waals surface area contributed by atoms with Crippen molar-refractivity contribution in [2.75, 3.05) is 6.54 Å². The van der Waals surface area contributed by atoms with Crippen LogP contribution in [0.2, 0.25) is 0 Å². The zero-order valence-electron chi connectivity index (χ0n) is 9.62. The Kier molecular flexibility index (Phi) is 2.72. The fourth-order valence-electron chi connectivity index (χ4n) is 2.18. The molecule has 0 N–H and O–H groups in total. The van der Waals surface area contributed by atoms with Crippen molar-refractivity contribution in [3.8, 4) is 0 Å². The summed E-state index contributed by atoms with van der Waals surface area (Å²) in [6.45, 7) is 7.54. The molecule has 0 saturated carbocycles. The molecule has 0 atom stereocenters. The van der Waals surface area contributed by atoms with Crippen molar-refractivity contribution < 1.29 is 0 Å². The normalized spacial score (nSPS) is 16.1. The van der Waals surface area contributed by atoms with E-state index in [1.165, 1.54) is 22.4 Å². The Morgan fingerprint density at radius 3 is 2.40 bits per heavy atom. The maximum absolute atomic E-state index is 4.63. The summed E-state index contributed by atoms with van der Waals surface area (Å²) in [6, 6.07) is 10.5. The van der Waals surface area contributed by atoms with Gasteiger partial charge in [-0.15, -0.1) is 0 Å². The van der Waals surface area contributed by atoms with Gasteiger partial charge in [0.1, 0.15) is 0 Å². The lowest BCUT2D eigenvalue weighted by Gasteiger charge is -2.12. The second kappa shape index (κ2) is 4.01. The highest BCUT2D eigenvalue weighted by atomic mass is 14.8. The monoisotopic (exact) mass is 199 g/mol. The summed E-state index contributed by atoms with van der Waals surface area (Å²) >= 11 is 0. The van der Waals surface area contributed by atoms with Gasteiger partial charge in [-0.05, 0) is 29.6 Å². The summed E-state index contributed by atoms with van der Waals surface area (Å²) in [5, 5.41) is 0. The van der Waals surface area contributed by atoms with Crippen LogP contribution in [0, 0.1) is 5.92 Å². The molecular formula is C14H17N. The Balaban J connectivity index is 2.41. The first-order valence-corrected chi connectivity index (χ1v) is 5.50. The van der Waals surface area contributed by atoms with Gasteiger partial charge in [0, 0.05) is 0 Å². The van der Waals surface area contributed by atoms with Crippen LogP contribution in [0.4, 0.5) is 0 Å². The average molecular weight is 199 g/mol. The summed E-state index contributed by atoms with van der Waals surface area (Å²) in [5.74, 6) is 0.562. The van der Waals surface area contributed by atoms with Crippen molar-refractivity contribution in [2.24, 2.45) is 10.9 Å². The molecule has 0 aromatic heterocycles. The Morgan fingerprint density at radius 2 is 1.80 bits per heavy atom. The van der Waals surface area contributed by atoms with Gasteiger partial charge in [-0.1, -0.05) is 44.2 Å². The predicted octanol–water partition coefficient (Wildman–Crippen LogP) is 3.46. The zero-order valence-corrected chi connectivity index (χ0v) is 9.62. The van der Waals surface area contributed by atoms with Crippen LogP contribution >= 0.6 is 0 Å². The third-order valence-corrected chi connectivity index (χ3v) is 2.81. The number of benzene rings is 1. The van der Waals surface area contributed by atoms with E-state index in [-0.39, 0.29) is 0 Å². The SMILES string of the molecule is CC1=C(C(C)C)C(c2ccccc2)=NC1. The highest BCUT2D eigenvalue weighted by molar-refractivity contribution is 6.14. The van der Waals surface area contributed by atoms with Crippen LogP contribution in [-0.2, 0) is 0 Å². The first-order valence-electron chi connectivity index (χ1n) is 5.50. The maximum atomic E-state index is 4.63. The molecule has 0 saturated heterocycles. The van der Waals surface area contributed by atoms with E-state index in [1.54, 1.807) is 0 Å². The molecule has 0 radical (unpaired) electrons. The number of hydrogen-bond acceptors (Lipinski definition) is 1. The minimum atomic E-state index is 0.562. The molecule has 0 unspecified atom stereocenters. The van der Waals surface area contributed by atoms with E-state index in [2.05, 4.69) is 50.0 Å². The minimum Gasteiger partial charge on any atom is -0.280 e. The minimum absolute atomic E-state index is 0.562. The van der Waals surface area contributed by atoms with E-state index >= 15 is 0 Å². The van der Waals surface area contributed by atoms with Gasteiger partial charge in [0.15, 0.2) is 0 Å². The quantitative estimate of drug-likeness (QED) is 0.691. The van der Waals surface area contributed by atoms with Gasteiger partial charge in [-0.3, -0.25) is 4.99 Å². The molecule has 1 aliphatic rings. The molecule has 1 aliphatic heterocycles. The zero-order chi connectivity index (χ0) is 10.8. The average Bonchev–Trinajstić information content (AvgIpc) is 2.61. The molecule has 0 aliphatic carbocycles. The Bertz CT molecular complexity index is 410. The van der Waals surface area contributed by atoms with Crippen molar-refractivity contribution in [1.29, 1.82) is 0 Å². The van der Waals surface area contributed by atoms with Crippen LogP contribution in [0.1, 0.15) is 26.3 Å². The molecule has 15 heavy (non-hydrogen) atoms. The molecule has 0 spiro atoms. The van der Waals surface area contributed by atoms with E-state index in [0.717, 1.165) is 6.54 Å². The van der Waals surface area contributed by atoms with E-state index in [9.17, 15) is 0 Å². The summed E-state index contributed by atoms with van der Waals surface area (Å²) in [6.07, 6.45) is 0.